The first kappa shape index (κ1) is 23.7. The lowest BCUT2D eigenvalue weighted by molar-refractivity contribution is 0.193. The summed E-state index contributed by atoms with van der Waals surface area (Å²) in [5, 5.41) is 2.88. The van der Waals surface area contributed by atoms with Gasteiger partial charge in [0.15, 0.2) is 0 Å². The lowest BCUT2D eigenvalue weighted by Gasteiger charge is -2.26. The molecule has 0 aliphatic carbocycles. The highest BCUT2D eigenvalue weighted by Gasteiger charge is 2.22. The molecule has 0 aromatic heterocycles. The molecule has 2 amide bonds. The zero-order valence-corrected chi connectivity index (χ0v) is 19.1. The number of sulfonamides is 1. The second kappa shape index (κ2) is 10.4. The Bertz CT molecular complexity index is 941. The predicted molar refractivity (Wildman–Crippen MR) is 118 cm³/mol. The number of amides is 2. The number of hydrogen-bond donors (Lipinski definition) is 1. The number of nitrogens with one attached hydrogen (secondary N) is 1. The van der Waals surface area contributed by atoms with Gasteiger partial charge in [-0.1, -0.05) is 44.2 Å². The number of hydrogen-bond acceptors (Lipinski definition) is 4. The molecular weight excluding hydrogens is 402 g/mol. The number of carbonyl (C=O) groups is 1. The van der Waals surface area contributed by atoms with Crippen molar-refractivity contribution in [3.05, 3.63) is 59.7 Å². The SMILES string of the molecule is CCN(CC)S(=O)(=O)c1ccc(CNC(=O)N(C)C(C)c2ccccc2OC)cc1. The van der Waals surface area contributed by atoms with Crippen LogP contribution in [0, 0.1) is 0 Å². The van der Waals surface area contributed by atoms with E-state index in [0.29, 0.717) is 19.6 Å². The summed E-state index contributed by atoms with van der Waals surface area (Å²) in [6, 6.07) is 13.8. The number of ether oxygens (including phenoxy) is 1. The van der Waals surface area contributed by atoms with Crippen LogP contribution in [0.1, 0.15) is 37.9 Å². The van der Waals surface area contributed by atoms with Crippen LogP contribution in [0.4, 0.5) is 4.79 Å². The Morgan fingerprint density at radius 1 is 1.07 bits per heavy atom. The Morgan fingerprint density at radius 2 is 1.67 bits per heavy atom. The first-order valence-corrected chi connectivity index (χ1v) is 11.4. The Labute approximate surface area is 179 Å². The summed E-state index contributed by atoms with van der Waals surface area (Å²) >= 11 is 0. The molecule has 164 valence electrons. The van der Waals surface area contributed by atoms with E-state index >= 15 is 0 Å². The molecule has 0 aliphatic heterocycles. The first-order valence-electron chi connectivity index (χ1n) is 9.98. The van der Waals surface area contributed by atoms with Gasteiger partial charge in [0.1, 0.15) is 5.75 Å². The molecular formula is C22H31N3O4S. The van der Waals surface area contributed by atoms with E-state index in [0.717, 1.165) is 16.9 Å². The lowest BCUT2D eigenvalue weighted by atomic mass is 10.1. The molecule has 1 N–H and O–H groups in total. The Kier molecular flexibility index (Phi) is 8.25. The number of carbonyl (C=O) groups excluding carboxylic acids is 1. The van der Waals surface area contributed by atoms with Crippen molar-refractivity contribution in [1.82, 2.24) is 14.5 Å². The smallest absolute Gasteiger partial charge is 0.317 e. The lowest BCUT2D eigenvalue weighted by Crippen LogP contribution is -2.38. The highest BCUT2D eigenvalue weighted by molar-refractivity contribution is 7.89. The molecule has 0 fully saturated rings. The van der Waals surface area contributed by atoms with E-state index < -0.39 is 10.0 Å². The zero-order chi connectivity index (χ0) is 22.3. The summed E-state index contributed by atoms with van der Waals surface area (Å²) in [5.74, 6) is 0.731. The molecule has 1 atom stereocenters. The van der Waals surface area contributed by atoms with Crippen molar-refractivity contribution in [2.24, 2.45) is 0 Å². The summed E-state index contributed by atoms with van der Waals surface area (Å²) in [5.41, 5.74) is 1.74. The topological polar surface area (TPSA) is 79.0 Å². The van der Waals surface area contributed by atoms with Gasteiger partial charge < -0.3 is 15.0 Å². The second-order valence-corrected chi connectivity index (χ2v) is 8.86. The largest absolute Gasteiger partial charge is 0.496 e. The Morgan fingerprint density at radius 3 is 2.23 bits per heavy atom. The highest BCUT2D eigenvalue weighted by Crippen LogP contribution is 2.28. The molecule has 2 rings (SSSR count). The number of methoxy groups -OCH3 is 1. The monoisotopic (exact) mass is 433 g/mol. The maximum absolute atomic E-state index is 12.6. The Balaban J connectivity index is 2.02. The van der Waals surface area contributed by atoms with Crippen LogP contribution in [0.15, 0.2) is 53.4 Å². The molecule has 2 aromatic rings. The van der Waals surface area contributed by atoms with E-state index in [1.807, 2.05) is 45.0 Å². The summed E-state index contributed by atoms with van der Waals surface area (Å²) in [7, 11) is -0.150. The summed E-state index contributed by atoms with van der Waals surface area (Å²) in [6.45, 7) is 6.71. The molecule has 0 saturated heterocycles. The van der Waals surface area contributed by atoms with E-state index in [-0.39, 0.29) is 17.0 Å². The molecule has 2 aromatic carbocycles. The molecule has 7 nitrogen and oxygen atoms in total. The van der Waals surface area contributed by atoms with Crippen LogP contribution >= 0.6 is 0 Å². The van der Waals surface area contributed by atoms with Crippen LogP contribution in [0.2, 0.25) is 0 Å². The van der Waals surface area contributed by atoms with Crippen LogP contribution < -0.4 is 10.1 Å². The van der Waals surface area contributed by atoms with Crippen molar-refractivity contribution < 1.29 is 17.9 Å². The van der Waals surface area contributed by atoms with Crippen molar-refractivity contribution in [2.45, 2.75) is 38.3 Å². The molecule has 1 unspecified atom stereocenters. The minimum Gasteiger partial charge on any atom is -0.496 e. The number of urea groups is 1. The average Bonchev–Trinajstić information content (AvgIpc) is 2.77. The third kappa shape index (κ3) is 5.31. The van der Waals surface area contributed by atoms with Gasteiger partial charge in [-0.3, -0.25) is 0 Å². The van der Waals surface area contributed by atoms with Gasteiger partial charge in [-0.2, -0.15) is 4.31 Å². The van der Waals surface area contributed by atoms with Gasteiger partial charge in [0.05, 0.1) is 18.0 Å². The molecule has 0 heterocycles. The first-order chi connectivity index (χ1) is 14.3. The fourth-order valence-corrected chi connectivity index (χ4v) is 4.65. The van der Waals surface area contributed by atoms with Crippen LogP contribution in [0.25, 0.3) is 0 Å². The second-order valence-electron chi connectivity index (χ2n) is 6.92. The number of benzene rings is 2. The van der Waals surface area contributed by atoms with Crippen LogP contribution in [0.3, 0.4) is 0 Å². The van der Waals surface area contributed by atoms with E-state index in [4.69, 9.17) is 4.74 Å². The maximum atomic E-state index is 12.6. The van der Waals surface area contributed by atoms with Gasteiger partial charge in [0.25, 0.3) is 0 Å². The predicted octanol–water partition coefficient (Wildman–Crippen LogP) is 3.63. The fraction of sp³-hybridized carbons (Fsp3) is 0.409. The van der Waals surface area contributed by atoms with Gasteiger partial charge in [-0.15, -0.1) is 0 Å². The van der Waals surface area contributed by atoms with E-state index in [1.165, 1.54) is 4.31 Å². The minimum atomic E-state index is -3.49. The molecule has 0 bridgehead atoms. The van der Waals surface area contributed by atoms with Crippen LogP contribution in [-0.4, -0.2) is 50.9 Å². The molecule has 0 saturated carbocycles. The summed E-state index contributed by atoms with van der Waals surface area (Å²) in [6.07, 6.45) is 0. The number of rotatable bonds is 9. The Hall–Kier alpha value is -2.58. The van der Waals surface area contributed by atoms with E-state index in [2.05, 4.69) is 5.32 Å². The number of nitrogens with zero attached hydrogens (tertiary/aromatic N) is 2. The van der Waals surface area contributed by atoms with Gasteiger partial charge >= 0.3 is 6.03 Å². The maximum Gasteiger partial charge on any atom is 0.317 e. The van der Waals surface area contributed by atoms with Gasteiger partial charge in [0, 0.05) is 32.2 Å². The highest BCUT2D eigenvalue weighted by atomic mass is 32.2. The van der Waals surface area contributed by atoms with Gasteiger partial charge in [-0.05, 0) is 30.7 Å². The summed E-state index contributed by atoms with van der Waals surface area (Å²) < 4.78 is 31.9. The van der Waals surface area contributed by atoms with Crippen molar-refractivity contribution in [2.75, 3.05) is 27.2 Å². The minimum absolute atomic E-state index is 0.178. The molecule has 0 spiro atoms. The van der Waals surface area contributed by atoms with Crippen molar-refractivity contribution in [3.63, 3.8) is 0 Å². The van der Waals surface area contributed by atoms with Crippen molar-refractivity contribution >= 4 is 16.1 Å². The summed E-state index contributed by atoms with van der Waals surface area (Å²) in [4.78, 5) is 14.5. The number of para-hydroxylation sites is 1. The molecule has 8 heteroatoms. The average molecular weight is 434 g/mol. The quantitative estimate of drug-likeness (QED) is 0.655. The van der Waals surface area contributed by atoms with Gasteiger partial charge in [0.2, 0.25) is 10.0 Å². The normalized spacial score (nSPS) is 12.5. The molecule has 0 radical (unpaired) electrons. The fourth-order valence-electron chi connectivity index (χ4n) is 3.19. The zero-order valence-electron chi connectivity index (χ0n) is 18.3. The van der Waals surface area contributed by atoms with Crippen LogP contribution in [-0.2, 0) is 16.6 Å². The standard InChI is InChI=1S/C22H31N3O4S/c1-6-25(7-2)30(27,28)19-14-12-18(13-15-19)16-23-22(26)24(4)17(3)20-10-8-9-11-21(20)29-5/h8-15,17H,6-7,16H2,1-5H3,(H,23,26). The third-order valence-corrected chi connectivity index (χ3v) is 7.26. The van der Waals surface area contributed by atoms with Crippen molar-refractivity contribution in [1.29, 1.82) is 0 Å². The third-order valence-electron chi connectivity index (χ3n) is 5.20. The molecule has 30 heavy (non-hydrogen) atoms. The van der Waals surface area contributed by atoms with E-state index in [1.54, 1.807) is 43.3 Å². The van der Waals surface area contributed by atoms with Crippen LogP contribution in [0.5, 0.6) is 5.75 Å². The van der Waals surface area contributed by atoms with E-state index in [9.17, 15) is 13.2 Å². The van der Waals surface area contributed by atoms with Gasteiger partial charge in [-0.25, -0.2) is 13.2 Å². The van der Waals surface area contributed by atoms with Crippen molar-refractivity contribution in [3.8, 4) is 5.75 Å². The molecule has 0 aliphatic rings.